The van der Waals surface area contributed by atoms with E-state index >= 15 is 0 Å². The van der Waals surface area contributed by atoms with Gasteiger partial charge >= 0.3 is 5.97 Å². The van der Waals surface area contributed by atoms with Crippen molar-refractivity contribution in [3.05, 3.63) is 58.4 Å². The Bertz CT molecular complexity index is 1090. The highest BCUT2D eigenvalue weighted by atomic mass is 16.4. The van der Waals surface area contributed by atoms with Crippen LogP contribution >= 0.6 is 0 Å². The van der Waals surface area contributed by atoms with Gasteiger partial charge in [-0.2, -0.15) is 0 Å². The van der Waals surface area contributed by atoms with Crippen molar-refractivity contribution in [1.82, 2.24) is 4.98 Å². The number of carbonyl (C=O) groups is 1. The molecule has 5 atom stereocenters. The molecule has 1 aromatic heterocycles. The van der Waals surface area contributed by atoms with Gasteiger partial charge in [-0.1, -0.05) is 100 Å². The summed E-state index contributed by atoms with van der Waals surface area (Å²) in [6, 6.07) is 10.9. The van der Waals surface area contributed by atoms with E-state index in [1.165, 1.54) is 48.1 Å². The van der Waals surface area contributed by atoms with E-state index in [0.717, 1.165) is 76.3 Å². The highest BCUT2D eigenvalue weighted by molar-refractivity contribution is 5.70. The van der Waals surface area contributed by atoms with Crippen LogP contribution in [0.4, 0.5) is 0 Å². The van der Waals surface area contributed by atoms with Crippen LogP contribution in [0.2, 0.25) is 0 Å². The summed E-state index contributed by atoms with van der Waals surface area (Å²) in [6.07, 6.45) is 15.5. The molecule has 0 aliphatic heterocycles. The summed E-state index contributed by atoms with van der Waals surface area (Å²) < 4.78 is 0. The van der Waals surface area contributed by atoms with Gasteiger partial charge in [0.05, 0.1) is 23.7 Å². The second kappa shape index (κ2) is 18.7. The molecule has 0 radical (unpaired) electrons. The molecule has 6 heteroatoms. The summed E-state index contributed by atoms with van der Waals surface area (Å²) in [5.74, 6) is -1.66. The minimum absolute atomic E-state index is 0.0948. The number of nitrogens with one attached hydrogen (secondary N) is 1. The summed E-state index contributed by atoms with van der Waals surface area (Å²) in [6.45, 7) is 6.46. The van der Waals surface area contributed by atoms with Crippen LogP contribution in [-0.2, 0) is 17.6 Å². The van der Waals surface area contributed by atoms with E-state index in [1.807, 2.05) is 0 Å². The number of unbranched alkanes of at least 4 members (excludes halogenated alkanes) is 7. The Labute approximate surface area is 266 Å². The van der Waals surface area contributed by atoms with E-state index in [-0.39, 0.29) is 12.0 Å². The second-order valence-electron chi connectivity index (χ2n) is 14.0. The van der Waals surface area contributed by atoms with E-state index < -0.39 is 23.6 Å². The van der Waals surface area contributed by atoms with Crippen molar-refractivity contribution in [2.24, 2.45) is 11.8 Å². The average molecular weight is 612 g/mol. The Morgan fingerprint density at radius 2 is 1.50 bits per heavy atom. The number of aryl methyl sites for hydroxylation is 2. The molecule has 1 aliphatic rings. The molecule has 1 aliphatic carbocycles. The van der Waals surface area contributed by atoms with E-state index in [1.54, 1.807) is 0 Å². The quantitative estimate of drug-likeness (QED) is 0.0861. The Morgan fingerprint density at radius 3 is 2.14 bits per heavy atom. The number of hydrogen-bond acceptors (Lipinski definition) is 4. The van der Waals surface area contributed by atoms with Crippen LogP contribution in [0.5, 0.6) is 0 Å². The van der Waals surface area contributed by atoms with Crippen LogP contribution < -0.4 is 0 Å². The first-order valence-electron chi connectivity index (χ1n) is 17.6. The van der Waals surface area contributed by atoms with Gasteiger partial charge in [0.1, 0.15) is 0 Å². The normalized spacial score (nSPS) is 20.5. The summed E-state index contributed by atoms with van der Waals surface area (Å²) in [5.41, 5.74) is 5.24. The van der Waals surface area contributed by atoms with Gasteiger partial charge in [0, 0.05) is 17.8 Å². The maximum atomic E-state index is 12.0. The summed E-state index contributed by atoms with van der Waals surface area (Å²) in [4.78, 5) is 15.6. The number of aromatic amines is 1. The SMILES string of the molecule is CCCCCCCC(O)CCCCCCC(C(=O)O)C(O)CCC1(O)CCCC1Cc1ccc(Cc2cc(C)cc(C)c2)[nH]1. The maximum Gasteiger partial charge on any atom is 0.309 e. The Balaban J connectivity index is 1.39. The van der Waals surface area contributed by atoms with Crippen LogP contribution in [0.3, 0.4) is 0 Å². The van der Waals surface area contributed by atoms with Crippen molar-refractivity contribution in [1.29, 1.82) is 0 Å². The molecule has 0 bridgehead atoms. The third-order valence-corrected chi connectivity index (χ3v) is 9.97. The molecule has 0 spiro atoms. The zero-order valence-corrected chi connectivity index (χ0v) is 27.8. The number of aliphatic hydroxyl groups excluding tert-OH is 2. The maximum absolute atomic E-state index is 12.0. The zero-order chi connectivity index (χ0) is 32.0. The van der Waals surface area contributed by atoms with E-state index in [9.17, 15) is 25.2 Å². The number of aliphatic carboxylic acids is 1. The first-order chi connectivity index (χ1) is 21.1. The largest absolute Gasteiger partial charge is 0.481 e. The van der Waals surface area contributed by atoms with Gasteiger partial charge in [0.25, 0.3) is 0 Å². The third-order valence-electron chi connectivity index (χ3n) is 9.97. The molecular weight excluding hydrogens is 550 g/mol. The molecule has 2 aromatic rings. The van der Waals surface area contributed by atoms with Crippen LogP contribution in [0, 0.1) is 25.7 Å². The number of rotatable bonds is 22. The van der Waals surface area contributed by atoms with Crippen LogP contribution in [-0.4, -0.2) is 49.2 Å². The molecule has 1 aromatic carbocycles. The van der Waals surface area contributed by atoms with Gasteiger partial charge < -0.3 is 25.4 Å². The van der Waals surface area contributed by atoms with Crippen molar-refractivity contribution >= 4 is 5.97 Å². The fraction of sp³-hybridized carbons (Fsp3) is 0.711. The molecule has 1 heterocycles. The Morgan fingerprint density at radius 1 is 0.886 bits per heavy atom. The molecule has 0 saturated heterocycles. The van der Waals surface area contributed by atoms with E-state index in [4.69, 9.17) is 0 Å². The van der Waals surface area contributed by atoms with Gasteiger partial charge in [-0.05, 0) is 88.8 Å². The summed E-state index contributed by atoms with van der Waals surface area (Å²) >= 11 is 0. The minimum atomic E-state index is -0.956. The standard InChI is InChI=1S/C38H61NO5/c1-4-5-6-7-10-15-34(40)16-11-8-9-12-17-35(37(42)43)36(41)20-22-38(44)21-13-14-31(38)27-33-19-18-32(39-33)26-30-24-28(2)23-29(3)25-30/h18-19,23-25,31,34-36,39-41,44H,4-17,20-22,26-27H2,1-3H3,(H,42,43). The number of carboxylic acid groups (broad SMARTS) is 1. The first kappa shape index (κ1) is 36.3. The molecule has 0 amide bonds. The molecule has 3 rings (SSSR count). The van der Waals surface area contributed by atoms with Crippen molar-refractivity contribution in [2.45, 2.75) is 161 Å². The summed E-state index contributed by atoms with van der Waals surface area (Å²) in [5, 5.41) is 42.5. The minimum Gasteiger partial charge on any atom is -0.481 e. The molecule has 1 saturated carbocycles. The zero-order valence-electron chi connectivity index (χ0n) is 27.8. The van der Waals surface area contributed by atoms with Crippen molar-refractivity contribution < 1.29 is 25.2 Å². The second-order valence-corrected chi connectivity index (χ2v) is 14.0. The first-order valence-corrected chi connectivity index (χ1v) is 17.6. The molecule has 1 fully saturated rings. The predicted molar refractivity (Wildman–Crippen MR) is 179 cm³/mol. The van der Waals surface area contributed by atoms with Crippen molar-refractivity contribution in [3.63, 3.8) is 0 Å². The summed E-state index contributed by atoms with van der Waals surface area (Å²) in [7, 11) is 0. The molecule has 5 unspecified atom stereocenters. The van der Waals surface area contributed by atoms with Gasteiger partial charge in [0.2, 0.25) is 0 Å². The highest BCUT2D eigenvalue weighted by Gasteiger charge is 2.41. The van der Waals surface area contributed by atoms with Crippen LogP contribution in [0.25, 0.3) is 0 Å². The van der Waals surface area contributed by atoms with Crippen LogP contribution in [0.1, 0.15) is 144 Å². The number of carboxylic acids is 1. The number of aromatic nitrogens is 1. The monoisotopic (exact) mass is 611 g/mol. The number of benzene rings is 1. The Kier molecular flexibility index (Phi) is 15.5. The third kappa shape index (κ3) is 12.3. The fourth-order valence-corrected chi connectivity index (χ4v) is 7.42. The van der Waals surface area contributed by atoms with Gasteiger partial charge in [-0.3, -0.25) is 4.79 Å². The average Bonchev–Trinajstić information content (AvgIpc) is 3.56. The number of H-pyrrole nitrogens is 1. The predicted octanol–water partition coefficient (Wildman–Crippen LogP) is 8.20. The fourth-order valence-electron chi connectivity index (χ4n) is 7.42. The van der Waals surface area contributed by atoms with Crippen molar-refractivity contribution in [2.75, 3.05) is 0 Å². The van der Waals surface area contributed by atoms with Crippen molar-refractivity contribution in [3.8, 4) is 0 Å². The lowest BCUT2D eigenvalue weighted by Gasteiger charge is -2.32. The highest BCUT2D eigenvalue weighted by Crippen LogP contribution is 2.41. The van der Waals surface area contributed by atoms with Gasteiger partial charge in [-0.25, -0.2) is 0 Å². The molecular formula is C38H61NO5. The van der Waals surface area contributed by atoms with E-state index in [2.05, 4.69) is 56.1 Å². The molecule has 5 N–H and O–H groups in total. The van der Waals surface area contributed by atoms with Gasteiger partial charge in [0.15, 0.2) is 0 Å². The van der Waals surface area contributed by atoms with E-state index in [0.29, 0.717) is 25.7 Å². The van der Waals surface area contributed by atoms with Gasteiger partial charge in [-0.15, -0.1) is 0 Å². The van der Waals surface area contributed by atoms with Crippen LogP contribution in [0.15, 0.2) is 30.3 Å². The smallest absolute Gasteiger partial charge is 0.309 e. The number of hydrogen-bond donors (Lipinski definition) is 5. The Hall–Kier alpha value is -2.15. The topological polar surface area (TPSA) is 114 Å². The lowest BCUT2D eigenvalue weighted by atomic mass is 9.81. The number of aliphatic hydroxyl groups is 3. The molecule has 248 valence electrons. The lowest BCUT2D eigenvalue weighted by molar-refractivity contribution is -0.146. The molecule has 44 heavy (non-hydrogen) atoms. The lowest BCUT2D eigenvalue weighted by Crippen LogP contribution is -2.37. The molecule has 6 nitrogen and oxygen atoms in total.